The Labute approximate surface area is 151 Å². The van der Waals surface area contributed by atoms with Gasteiger partial charge in [0.05, 0.1) is 40.6 Å². The fourth-order valence-electron chi connectivity index (χ4n) is 2.74. The molecular formula is C17H23NO8. The van der Waals surface area contributed by atoms with Gasteiger partial charge in [-0.25, -0.2) is 4.79 Å². The third-order valence-corrected chi connectivity index (χ3v) is 3.90. The molecule has 144 valence electrons. The van der Waals surface area contributed by atoms with Gasteiger partial charge in [0.1, 0.15) is 0 Å². The van der Waals surface area contributed by atoms with Crippen LogP contribution in [-0.4, -0.2) is 68.9 Å². The van der Waals surface area contributed by atoms with Crippen LogP contribution >= 0.6 is 0 Å². The van der Waals surface area contributed by atoms with Crippen LogP contribution in [-0.2, 0) is 9.47 Å². The lowest BCUT2D eigenvalue weighted by atomic mass is 10.1. The number of aliphatic hydroxyl groups is 1. The molecule has 2 atom stereocenters. The van der Waals surface area contributed by atoms with Crippen LogP contribution in [0.25, 0.3) is 0 Å². The number of hydrogen-bond acceptors (Lipinski definition) is 8. The summed E-state index contributed by atoms with van der Waals surface area (Å²) in [5.41, 5.74) is 0.242. The first-order valence-electron chi connectivity index (χ1n) is 8.07. The average molecular weight is 369 g/mol. The Kier molecular flexibility index (Phi) is 6.51. The summed E-state index contributed by atoms with van der Waals surface area (Å²) in [7, 11) is 4.34. The summed E-state index contributed by atoms with van der Waals surface area (Å²) in [6.45, 7) is 1.82. The molecule has 1 heterocycles. The van der Waals surface area contributed by atoms with Crippen molar-refractivity contribution in [2.24, 2.45) is 0 Å². The lowest BCUT2D eigenvalue weighted by Gasteiger charge is -2.24. The van der Waals surface area contributed by atoms with Crippen molar-refractivity contribution in [3.63, 3.8) is 0 Å². The molecule has 0 aliphatic carbocycles. The molecule has 1 aromatic rings. The minimum atomic E-state index is -0.921. The molecule has 1 saturated heterocycles. The molecule has 9 heteroatoms. The summed E-state index contributed by atoms with van der Waals surface area (Å²) in [6.07, 6.45) is -2.51. The molecule has 1 N–H and O–H groups in total. The Morgan fingerprint density at radius 1 is 1.15 bits per heavy atom. The minimum absolute atomic E-state index is 0.0273. The van der Waals surface area contributed by atoms with E-state index in [1.54, 1.807) is 6.92 Å². The van der Waals surface area contributed by atoms with E-state index in [4.69, 9.17) is 23.7 Å². The van der Waals surface area contributed by atoms with Crippen LogP contribution in [0.4, 0.5) is 4.79 Å². The molecule has 0 spiro atoms. The Hall–Kier alpha value is -2.68. The van der Waals surface area contributed by atoms with E-state index in [1.165, 1.54) is 38.4 Å². The molecule has 1 aliphatic heterocycles. The third kappa shape index (κ3) is 4.10. The van der Waals surface area contributed by atoms with Gasteiger partial charge in [-0.2, -0.15) is 0 Å². The van der Waals surface area contributed by atoms with Gasteiger partial charge in [-0.1, -0.05) is 0 Å². The number of ether oxygens (including phenoxy) is 5. The van der Waals surface area contributed by atoms with Crippen molar-refractivity contribution in [3.8, 4) is 17.2 Å². The van der Waals surface area contributed by atoms with Gasteiger partial charge in [-0.3, -0.25) is 4.79 Å². The summed E-state index contributed by atoms with van der Waals surface area (Å²) in [4.78, 5) is 25.7. The zero-order valence-corrected chi connectivity index (χ0v) is 15.2. The monoisotopic (exact) mass is 369 g/mol. The molecule has 0 bridgehead atoms. The van der Waals surface area contributed by atoms with E-state index in [1.807, 2.05) is 0 Å². The van der Waals surface area contributed by atoms with Gasteiger partial charge >= 0.3 is 6.16 Å². The van der Waals surface area contributed by atoms with Gasteiger partial charge in [-0.15, -0.1) is 0 Å². The number of aliphatic hydroxyl groups excluding tert-OH is 1. The van der Waals surface area contributed by atoms with Gasteiger partial charge in [0, 0.05) is 12.0 Å². The van der Waals surface area contributed by atoms with E-state index >= 15 is 0 Å². The van der Waals surface area contributed by atoms with Gasteiger partial charge in [0.25, 0.3) is 5.91 Å². The highest BCUT2D eigenvalue weighted by Crippen LogP contribution is 2.39. The van der Waals surface area contributed by atoms with Crippen LogP contribution in [0.5, 0.6) is 17.2 Å². The van der Waals surface area contributed by atoms with Crippen molar-refractivity contribution in [2.45, 2.75) is 25.7 Å². The minimum Gasteiger partial charge on any atom is -0.493 e. The quantitative estimate of drug-likeness (QED) is 0.751. The molecule has 2 rings (SSSR count). The third-order valence-electron chi connectivity index (χ3n) is 3.90. The number of amides is 1. The van der Waals surface area contributed by atoms with Crippen LogP contribution in [0.3, 0.4) is 0 Å². The topological polar surface area (TPSA) is 104 Å². The van der Waals surface area contributed by atoms with Crippen LogP contribution in [0, 0.1) is 0 Å². The largest absolute Gasteiger partial charge is 0.510 e. The summed E-state index contributed by atoms with van der Waals surface area (Å²) < 4.78 is 25.6. The van der Waals surface area contributed by atoms with Crippen LogP contribution in [0.1, 0.15) is 23.7 Å². The van der Waals surface area contributed by atoms with Crippen molar-refractivity contribution >= 4 is 12.1 Å². The van der Waals surface area contributed by atoms with E-state index in [9.17, 15) is 14.7 Å². The summed E-state index contributed by atoms with van der Waals surface area (Å²) >= 11 is 0. The number of methoxy groups -OCH3 is 3. The lowest BCUT2D eigenvalue weighted by Crippen LogP contribution is -2.38. The molecular weight excluding hydrogens is 346 g/mol. The molecule has 0 saturated carbocycles. The zero-order chi connectivity index (χ0) is 19.3. The fourth-order valence-corrected chi connectivity index (χ4v) is 2.74. The van der Waals surface area contributed by atoms with Crippen molar-refractivity contribution in [1.82, 2.24) is 4.90 Å². The van der Waals surface area contributed by atoms with Crippen molar-refractivity contribution in [3.05, 3.63) is 17.7 Å². The number of carbonyl (C=O) groups is 2. The molecule has 0 aromatic heterocycles. The van der Waals surface area contributed by atoms with Gasteiger partial charge < -0.3 is 33.7 Å². The summed E-state index contributed by atoms with van der Waals surface area (Å²) in [6, 6.07) is 2.99. The normalized spacial score (nSPS) is 19.0. The predicted molar refractivity (Wildman–Crippen MR) is 89.7 cm³/mol. The van der Waals surface area contributed by atoms with Crippen molar-refractivity contribution in [1.29, 1.82) is 0 Å². The van der Waals surface area contributed by atoms with E-state index in [0.29, 0.717) is 17.2 Å². The number of carbonyl (C=O) groups excluding carboxylic acids is 2. The Balaban J connectivity index is 2.29. The highest BCUT2D eigenvalue weighted by atomic mass is 16.7. The van der Waals surface area contributed by atoms with Gasteiger partial charge in [0.2, 0.25) is 5.75 Å². The van der Waals surface area contributed by atoms with Gasteiger partial charge in [-0.05, 0) is 19.1 Å². The van der Waals surface area contributed by atoms with Gasteiger partial charge in [0.15, 0.2) is 17.7 Å². The molecule has 1 amide bonds. The first-order valence-corrected chi connectivity index (χ1v) is 8.07. The highest BCUT2D eigenvalue weighted by molar-refractivity contribution is 5.96. The second kappa shape index (κ2) is 8.61. The molecule has 26 heavy (non-hydrogen) atoms. The molecule has 9 nitrogen and oxygen atoms in total. The van der Waals surface area contributed by atoms with E-state index < -0.39 is 24.4 Å². The summed E-state index contributed by atoms with van der Waals surface area (Å²) in [5, 5.41) is 9.90. The zero-order valence-electron chi connectivity index (χ0n) is 15.2. The molecule has 1 fully saturated rings. The second-order valence-electron chi connectivity index (χ2n) is 5.52. The predicted octanol–water partition coefficient (Wildman–Crippen LogP) is 1.42. The number of hydrogen-bond donors (Lipinski definition) is 1. The van der Waals surface area contributed by atoms with E-state index in [0.717, 1.165) is 0 Å². The Morgan fingerprint density at radius 2 is 1.77 bits per heavy atom. The van der Waals surface area contributed by atoms with E-state index in [2.05, 4.69) is 0 Å². The van der Waals surface area contributed by atoms with Crippen LogP contribution < -0.4 is 14.2 Å². The van der Waals surface area contributed by atoms with Crippen molar-refractivity contribution < 1.29 is 38.4 Å². The number of nitrogens with zero attached hydrogens (tertiary/aromatic N) is 1. The van der Waals surface area contributed by atoms with Crippen LogP contribution in [0.2, 0.25) is 0 Å². The number of likely N-dealkylation sites (tertiary alicyclic amines) is 1. The maximum atomic E-state index is 12.9. The lowest BCUT2D eigenvalue weighted by molar-refractivity contribution is -0.0208. The number of rotatable bonds is 6. The van der Waals surface area contributed by atoms with Crippen LogP contribution in [0.15, 0.2) is 12.1 Å². The number of β-amino-alcohol motifs (C(OH)–C–C–N with tert-alkyl or cyclic N) is 1. The highest BCUT2D eigenvalue weighted by Gasteiger charge is 2.38. The Bertz CT molecular complexity index is 637. The first kappa shape index (κ1) is 19.6. The van der Waals surface area contributed by atoms with Crippen molar-refractivity contribution in [2.75, 3.05) is 34.5 Å². The smallest absolute Gasteiger partial charge is 0.493 e. The second-order valence-corrected chi connectivity index (χ2v) is 5.52. The molecule has 1 aliphatic rings. The molecule has 1 aromatic carbocycles. The SMILES string of the molecule is CCOC(=O)O[C@@H]1C[C@@H](O)CN1C(=O)c1cc(OC)c(OC)c(OC)c1. The maximum absolute atomic E-state index is 12.9. The summed E-state index contributed by atoms with van der Waals surface area (Å²) in [5.74, 6) is 0.540. The van der Waals surface area contributed by atoms with E-state index in [-0.39, 0.29) is 25.1 Å². The Morgan fingerprint density at radius 3 is 2.27 bits per heavy atom. The fraction of sp³-hybridized carbons (Fsp3) is 0.529. The molecule has 0 radical (unpaired) electrons. The standard InChI is InChI=1S/C17H23NO8/c1-5-25-17(21)26-14-8-11(19)9-18(14)16(20)10-6-12(22-2)15(24-4)13(7-10)23-3/h6-7,11,14,19H,5,8-9H2,1-4H3/t11-,14-/m1/s1. The average Bonchev–Trinajstić information content (AvgIpc) is 2.99. The number of benzene rings is 1. The first-order chi connectivity index (χ1) is 12.4. The maximum Gasteiger partial charge on any atom is 0.510 e. The molecule has 0 unspecified atom stereocenters.